The monoisotopic (exact) mass is 524 g/mol. The van der Waals surface area contributed by atoms with Crippen LogP contribution < -0.4 is 0 Å². The molecular formula is C25H32O12. The number of hydrogen-bond acceptors (Lipinski definition) is 12. The summed E-state index contributed by atoms with van der Waals surface area (Å²) in [4.78, 5) is 24.7. The summed E-state index contributed by atoms with van der Waals surface area (Å²) >= 11 is 0. The minimum Gasteiger partial charge on any atom is -0.504 e. The van der Waals surface area contributed by atoms with Crippen LogP contribution in [-0.4, -0.2) is 99.2 Å². The summed E-state index contributed by atoms with van der Waals surface area (Å²) in [5.41, 5.74) is 0.382. The number of rotatable bonds is 8. The highest BCUT2D eigenvalue weighted by atomic mass is 16.7. The quantitative estimate of drug-likeness (QED) is 0.142. The third-order valence-electron chi connectivity index (χ3n) is 7.43. The lowest BCUT2D eigenvalue weighted by Gasteiger charge is -2.41. The predicted molar refractivity (Wildman–Crippen MR) is 124 cm³/mol. The van der Waals surface area contributed by atoms with Gasteiger partial charge in [0.25, 0.3) is 0 Å². The van der Waals surface area contributed by atoms with E-state index in [4.69, 9.17) is 18.9 Å². The van der Waals surface area contributed by atoms with Crippen molar-refractivity contribution in [2.75, 3.05) is 19.8 Å². The SMILES string of the molecule is CC1CC2OC(=O)C(COC3OC(CO)C(OC(=O)C=Cc4ccc(O)c(O)c4)C(O)C3O)C2C1CO. The normalized spacial score (nSPS) is 37.5. The molecule has 10 atom stereocenters. The smallest absolute Gasteiger partial charge is 0.331 e. The molecule has 0 amide bonds. The first-order chi connectivity index (χ1) is 17.6. The van der Waals surface area contributed by atoms with Gasteiger partial charge in [-0.15, -0.1) is 0 Å². The van der Waals surface area contributed by atoms with Crippen LogP contribution in [0.2, 0.25) is 0 Å². The van der Waals surface area contributed by atoms with Gasteiger partial charge in [-0.3, -0.25) is 4.79 Å². The average molecular weight is 525 g/mol. The Kier molecular flexibility index (Phi) is 8.36. The molecule has 6 N–H and O–H groups in total. The van der Waals surface area contributed by atoms with Gasteiger partial charge in [0.2, 0.25) is 0 Å². The minimum absolute atomic E-state index is 0.0985. The van der Waals surface area contributed by atoms with Crippen molar-refractivity contribution in [1.82, 2.24) is 0 Å². The van der Waals surface area contributed by atoms with E-state index in [1.807, 2.05) is 6.92 Å². The molecule has 0 bridgehead atoms. The molecule has 0 radical (unpaired) electrons. The Morgan fingerprint density at radius 1 is 1.14 bits per heavy atom. The van der Waals surface area contributed by atoms with Gasteiger partial charge in [0.1, 0.15) is 24.4 Å². The summed E-state index contributed by atoms with van der Waals surface area (Å²) in [6, 6.07) is 3.90. The first-order valence-corrected chi connectivity index (χ1v) is 12.1. The van der Waals surface area contributed by atoms with E-state index in [1.54, 1.807) is 0 Å². The van der Waals surface area contributed by atoms with Crippen LogP contribution >= 0.6 is 0 Å². The fourth-order valence-electron chi connectivity index (χ4n) is 5.43. The first-order valence-electron chi connectivity index (χ1n) is 12.1. The largest absolute Gasteiger partial charge is 0.504 e. The molecule has 2 saturated heterocycles. The van der Waals surface area contributed by atoms with E-state index in [-0.39, 0.29) is 48.6 Å². The van der Waals surface area contributed by atoms with Crippen LogP contribution in [-0.2, 0) is 28.5 Å². The maximum Gasteiger partial charge on any atom is 0.331 e. The topological polar surface area (TPSA) is 192 Å². The highest BCUT2D eigenvalue weighted by molar-refractivity contribution is 5.87. The van der Waals surface area contributed by atoms with Gasteiger partial charge in [-0.2, -0.15) is 0 Å². The Balaban J connectivity index is 1.36. The van der Waals surface area contributed by atoms with Gasteiger partial charge in [0, 0.05) is 18.6 Å². The van der Waals surface area contributed by atoms with E-state index in [9.17, 15) is 40.2 Å². The summed E-state index contributed by atoms with van der Waals surface area (Å²) in [5, 5.41) is 59.6. The second-order valence-electron chi connectivity index (χ2n) is 9.74. The Morgan fingerprint density at radius 2 is 1.89 bits per heavy atom. The minimum atomic E-state index is -1.68. The number of benzene rings is 1. The Morgan fingerprint density at radius 3 is 2.57 bits per heavy atom. The molecule has 1 saturated carbocycles. The van der Waals surface area contributed by atoms with Crippen molar-refractivity contribution < 1.29 is 59.2 Å². The number of aliphatic hydroxyl groups is 4. The summed E-state index contributed by atoms with van der Waals surface area (Å²) in [6.07, 6.45) is -4.80. The van der Waals surface area contributed by atoms with E-state index >= 15 is 0 Å². The maximum absolute atomic E-state index is 12.4. The van der Waals surface area contributed by atoms with Crippen LogP contribution in [0.5, 0.6) is 11.5 Å². The predicted octanol–water partition coefficient (Wildman–Crippen LogP) is -0.716. The van der Waals surface area contributed by atoms with Crippen molar-refractivity contribution >= 4 is 18.0 Å². The van der Waals surface area contributed by atoms with Crippen LogP contribution in [0.25, 0.3) is 6.08 Å². The lowest BCUT2D eigenvalue weighted by atomic mass is 9.83. The standard InChI is InChI=1S/C25H32O12/c1-11-6-17-20(13(11)8-26)14(24(33)35-17)10-34-25-22(32)21(31)23(18(9-27)36-25)37-19(30)5-3-12-2-4-15(28)16(29)7-12/h2-5,7,11,13-14,17-18,20-23,25-29,31-32H,6,8-10H2,1H3. The molecule has 1 aromatic rings. The van der Waals surface area contributed by atoms with Crippen molar-refractivity contribution in [3.63, 3.8) is 0 Å². The molecule has 3 aliphatic rings. The van der Waals surface area contributed by atoms with Gasteiger partial charge < -0.3 is 49.6 Å². The number of fused-ring (bicyclic) bond motifs is 1. The van der Waals surface area contributed by atoms with Crippen LogP contribution in [0.3, 0.4) is 0 Å². The van der Waals surface area contributed by atoms with Gasteiger partial charge in [-0.1, -0.05) is 13.0 Å². The molecule has 12 nitrogen and oxygen atoms in total. The summed E-state index contributed by atoms with van der Waals surface area (Å²) in [5.74, 6) is -3.00. The fraction of sp³-hybridized carbons (Fsp3) is 0.600. The number of aliphatic hydroxyl groups excluding tert-OH is 4. The number of phenolic OH excluding ortho intramolecular Hbond substituents is 2. The van der Waals surface area contributed by atoms with E-state index in [2.05, 4.69) is 0 Å². The zero-order valence-corrected chi connectivity index (χ0v) is 20.1. The van der Waals surface area contributed by atoms with Gasteiger partial charge in [0.05, 0.1) is 19.1 Å². The summed E-state index contributed by atoms with van der Waals surface area (Å²) in [6.45, 7) is 1.02. The molecule has 4 rings (SSSR count). The van der Waals surface area contributed by atoms with Gasteiger partial charge in [0.15, 0.2) is 23.9 Å². The second kappa shape index (κ2) is 11.3. The molecule has 1 aliphatic carbocycles. The van der Waals surface area contributed by atoms with Crippen molar-refractivity contribution in [1.29, 1.82) is 0 Å². The third kappa shape index (κ3) is 5.59. The highest BCUT2D eigenvalue weighted by Gasteiger charge is 2.55. The number of carbonyl (C=O) groups is 2. The molecule has 2 aliphatic heterocycles. The van der Waals surface area contributed by atoms with Crippen LogP contribution in [0.1, 0.15) is 18.9 Å². The van der Waals surface area contributed by atoms with Crippen LogP contribution in [0.4, 0.5) is 0 Å². The van der Waals surface area contributed by atoms with E-state index in [0.717, 1.165) is 6.08 Å². The van der Waals surface area contributed by atoms with E-state index < -0.39 is 55.2 Å². The third-order valence-corrected chi connectivity index (χ3v) is 7.43. The number of aromatic hydroxyl groups is 2. The number of carbonyl (C=O) groups excluding carboxylic acids is 2. The molecule has 2 heterocycles. The molecule has 0 aromatic heterocycles. The van der Waals surface area contributed by atoms with Crippen molar-refractivity contribution in [2.45, 2.75) is 50.2 Å². The second-order valence-corrected chi connectivity index (χ2v) is 9.74. The molecule has 12 heteroatoms. The van der Waals surface area contributed by atoms with E-state index in [1.165, 1.54) is 24.3 Å². The molecule has 3 fully saturated rings. The van der Waals surface area contributed by atoms with Crippen LogP contribution in [0.15, 0.2) is 24.3 Å². The van der Waals surface area contributed by atoms with Gasteiger partial charge >= 0.3 is 11.9 Å². The Bertz CT molecular complexity index is 1010. The highest BCUT2D eigenvalue weighted by Crippen LogP contribution is 2.47. The zero-order chi connectivity index (χ0) is 26.9. The number of ether oxygens (including phenoxy) is 4. The molecular weight excluding hydrogens is 492 g/mol. The Hall–Kier alpha value is -2.74. The van der Waals surface area contributed by atoms with E-state index in [0.29, 0.717) is 12.0 Å². The van der Waals surface area contributed by atoms with Crippen molar-refractivity contribution in [2.24, 2.45) is 23.7 Å². The lowest BCUT2D eigenvalue weighted by Crippen LogP contribution is -2.60. The fourth-order valence-corrected chi connectivity index (χ4v) is 5.43. The first kappa shape index (κ1) is 27.3. The van der Waals surface area contributed by atoms with Crippen LogP contribution in [0, 0.1) is 23.7 Å². The zero-order valence-electron chi connectivity index (χ0n) is 20.1. The molecule has 37 heavy (non-hydrogen) atoms. The summed E-state index contributed by atoms with van der Waals surface area (Å²) in [7, 11) is 0. The number of hydrogen-bond donors (Lipinski definition) is 6. The van der Waals surface area contributed by atoms with Crippen molar-refractivity contribution in [3.8, 4) is 11.5 Å². The molecule has 10 unspecified atom stereocenters. The van der Waals surface area contributed by atoms with Crippen molar-refractivity contribution in [3.05, 3.63) is 29.8 Å². The average Bonchev–Trinajstić information content (AvgIpc) is 3.34. The molecule has 1 aromatic carbocycles. The maximum atomic E-state index is 12.4. The molecule has 0 spiro atoms. The lowest BCUT2D eigenvalue weighted by molar-refractivity contribution is -0.304. The summed E-state index contributed by atoms with van der Waals surface area (Å²) < 4.78 is 21.9. The number of phenols is 2. The van der Waals surface area contributed by atoms with Gasteiger partial charge in [-0.25, -0.2) is 4.79 Å². The Labute approximate surface area is 212 Å². The molecule has 204 valence electrons. The van der Waals surface area contributed by atoms with Gasteiger partial charge in [-0.05, 0) is 42.0 Å². The number of esters is 2.